The summed E-state index contributed by atoms with van der Waals surface area (Å²) in [6, 6.07) is 14.7. The van der Waals surface area contributed by atoms with Crippen LogP contribution in [-0.2, 0) is 11.3 Å². The van der Waals surface area contributed by atoms with Gasteiger partial charge in [0.2, 0.25) is 5.91 Å². The van der Waals surface area contributed by atoms with E-state index < -0.39 is 0 Å². The third-order valence-electron chi connectivity index (χ3n) is 4.94. The van der Waals surface area contributed by atoms with Crippen molar-refractivity contribution >= 4 is 11.6 Å². The highest BCUT2D eigenvalue weighted by molar-refractivity contribution is 5.92. The van der Waals surface area contributed by atoms with Gasteiger partial charge in [-0.1, -0.05) is 24.3 Å². The largest absolute Gasteiger partial charge is 0.497 e. The van der Waals surface area contributed by atoms with Crippen molar-refractivity contribution in [3.63, 3.8) is 0 Å². The minimum Gasteiger partial charge on any atom is -0.497 e. The third-order valence-corrected chi connectivity index (χ3v) is 4.94. The molecule has 3 rings (SSSR count). The van der Waals surface area contributed by atoms with Crippen molar-refractivity contribution in [2.45, 2.75) is 32.4 Å². The first-order valence-corrected chi connectivity index (χ1v) is 8.98. The minimum atomic E-state index is -0.156. The average molecular weight is 356 g/mol. The van der Waals surface area contributed by atoms with Crippen molar-refractivity contribution in [1.29, 1.82) is 0 Å². The standard InChI is InChI=1S/C21H25FN2O2/c1-16(25)24(19-7-5-8-20(14-19)26-2)18-10-12-23(13-11-18)15-17-6-3-4-9-21(17)22/h3-9,14,18H,10-13,15H2,1-2H3. The molecule has 1 fully saturated rings. The van der Waals surface area contributed by atoms with Crippen LogP contribution >= 0.6 is 0 Å². The molecule has 4 nitrogen and oxygen atoms in total. The Morgan fingerprint density at radius 3 is 2.58 bits per heavy atom. The summed E-state index contributed by atoms with van der Waals surface area (Å²) in [5.74, 6) is 0.618. The van der Waals surface area contributed by atoms with Gasteiger partial charge in [-0.2, -0.15) is 0 Å². The summed E-state index contributed by atoms with van der Waals surface area (Å²) < 4.78 is 19.1. The third kappa shape index (κ3) is 4.22. The lowest BCUT2D eigenvalue weighted by atomic mass is 10.0. The van der Waals surface area contributed by atoms with Crippen molar-refractivity contribution in [2.75, 3.05) is 25.1 Å². The Morgan fingerprint density at radius 1 is 1.19 bits per heavy atom. The number of nitrogens with zero attached hydrogens (tertiary/aromatic N) is 2. The van der Waals surface area contributed by atoms with Crippen molar-refractivity contribution < 1.29 is 13.9 Å². The second-order valence-corrected chi connectivity index (χ2v) is 6.69. The molecule has 0 bridgehead atoms. The number of amides is 1. The summed E-state index contributed by atoms with van der Waals surface area (Å²) in [5.41, 5.74) is 1.59. The molecule has 0 unspecified atom stereocenters. The van der Waals surface area contributed by atoms with E-state index in [1.54, 1.807) is 20.1 Å². The van der Waals surface area contributed by atoms with Gasteiger partial charge in [-0.3, -0.25) is 9.69 Å². The molecule has 5 heteroatoms. The van der Waals surface area contributed by atoms with E-state index in [4.69, 9.17) is 4.74 Å². The maximum Gasteiger partial charge on any atom is 0.224 e. The number of benzene rings is 2. The van der Waals surface area contributed by atoms with Gasteiger partial charge < -0.3 is 9.64 Å². The summed E-state index contributed by atoms with van der Waals surface area (Å²) >= 11 is 0. The molecule has 1 amide bonds. The number of halogens is 1. The summed E-state index contributed by atoms with van der Waals surface area (Å²) in [6.45, 7) is 3.89. The Bertz CT molecular complexity index is 757. The molecule has 138 valence electrons. The van der Waals surface area contributed by atoms with Crippen molar-refractivity contribution in [3.05, 3.63) is 59.9 Å². The SMILES string of the molecule is COc1cccc(N(C(C)=O)C2CCN(Cc3ccccc3F)CC2)c1. The molecule has 1 saturated heterocycles. The summed E-state index contributed by atoms with van der Waals surface area (Å²) in [4.78, 5) is 16.4. The number of ether oxygens (including phenoxy) is 1. The van der Waals surface area contributed by atoms with Gasteiger partial charge in [-0.05, 0) is 31.0 Å². The fraction of sp³-hybridized carbons (Fsp3) is 0.381. The van der Waals surface area contributed by atoms with E-state index in [1.165, 1.54) is 6.07 Å². The highest BCUT2D eigenvalue weighted by atomic mass is 19.1. The van der Waals surface area contributed by atoms with E-state index in [2.05, 4.69) is 4.90 Å². The number of methoxy groups -OCH3 is 1. The lowest BCUT2D eigenvalue weighted by Gasteiger charge is -2.38. The Kier molecular flexibility index (Phi) is 5.89. The van der Waals surface area contributed by atoms with Crippen LogP contribution in [0.3, 0.4) is 0 Å². The average Bonchev–Trinajstić information content (AvgIpc) is 2.65. The Hall–Kier alpha value is -2.40. The molecule has 0 spiro atoms. The molecule has 0 aliphatic carbocycles. The van der Waals surface area contributed by atoms with E-state index >= 15 is 0 Å². The van der Waals surface area contributed by atoms with Crippen LogP contribution in [0.2, 0.25) is 0 Å². The molecule has 0 N–H and O–H groups in total. The van der Waals surface area contributed by atoms with Gasteiger partial charge >= 0.3 is 0 Å². The fourth-order valence-corrected chi connectivity index (χ4v) is 3.61. The van der Waals surface area contributed by atoms with Gasteiger partial charge in [0, 0.05) is 49.9 Å². The predicted molar refractivity (Wildman–Crippen MR) is 101 cm³/mol. The smallest absolute Gasteiger partial charge is 0.224 e. The lowest BCUT2D eigenvalue weighted by Crippen LogP contribution is -2.46. The van der Waals surface area contributed by atoms with E-state index in [0.29, 0.717) is 6.54 Å². The van der Waals surface area contributed by atoms with Gasteiger partial charge in [0.15, 0.2) is 0 Å². The first kappa shape index (κ1) is 18.4. The van der Waals surface area contributed by atoms with E-state index in [-0.39, 0.29) is 17.8 Å². The van der Waals surface area contributed by atoms with Gasteiger partial charge in [0.1, 0.15) is 11.6 Å². The number of carbonyl (C=O) groups excluding carboxylic acids is 1. The maximum absolute atomic E-state index is 13.9. The Morgan fingerprint density at radius 2 is 1.92 bits per heavy atom. The van der Waals surface area contributed by atoms with Crippen LogP contribution in [-0.4, -0.2) is 37.0 Å². The quantitative estimate of drug-likeness (QED) is 0.816. The second-order valence-electron chi connectivity index (χ2n) is 6.69. The second kappa shape index (κ2) is 8.32. The highest BCUT2D eigenvalue weighted by Crippen LogP contribution is 2.27. The van der Waals surface area contributed by atoms with Gasteiger partial charge in [0.05, 0.1) is 7.11 Å². The maximum atomic E-state index is 13.9. The zero-order valence-corrected chi connectivity index (χ0v) is 15.3. The van der Waals surface area contributed by atoms with Crippen LogP contribution < -0.4 is 9.64 Å². The molecule has 0 aromatic heterocycles. The van der Waals surface area contributed by atoms with Crippen LogP contribution in [0.1, 0.15) is 25.3 Å². The molecule has 1 aliphatic rings. The molecular weight excluding hydrogens is 331 g/mol. The lowest BCUT2D eigenvalue weighted by molar-refractivity contribution is -0.117. The molecule has 1 aliphatic heterocycles. The van der Waals surface area contributed by atoms with Gasteiger partial charge in [-0.25, -0.2) is 4.39 Å². The number of piperidine rings is 1. The highest BCUT2D eigenvalue weighted by Gasteiger charge is 2.27. The van der Waals surface area contributed by atoms with Gasteiger partial charge in [-0.15, -0.1) is 0 Å². The number of anilines is 1. The number of hydrogen-bond acceptors (Lipinski definition) is 3. The molecule has 2 aromatic rings. The predicted octanol–water partition coefficient (Wildman–Crippen LogP) is 3.85. The number of likely N-dealkylation sites (tertiary alicyclic amines) is 1. The molecule has 26 heavy (non-hydrogen) atoms. The van der Waals surface area contributed by atoms with E-state index in [0.717, 1.165) is 42.9 Å². The summed E-state index contributed by atoms with van der Waals surface area (Å²) in [6.07, 6.45) is 1.73. The molecule has 0 atom stereocenters. The van der Waals surface area contributed by atoms with Gasteiger partial charge in [0.25, 0.3) is 0 Å². The zero-order valence-electron chi connectivity index (χ0n) is 15.3. The molecule has 0 radical (unpaired) electrons. The van der Waals surface area contributed by atoms with Crippen molar-refractivity contribution in [1.82, 2.24) is 4.90 Å². The minimum absolute atomic E-state index is 0.0332. The van der Waals surface area contributed by atoms with Crippen molar-refractivity contribution in [2.24, 2.45) is 0 Å². The summed E-state index contributed by atoms with van der Waals surface area (Å²) in [5, 5.41) is 0. The number of rotatable bonds is 5. The molecule has 2 aromatic carbocycles. The summed E-state index contributed by atoms with van der Waals surface area (Å²) in [7, 11) is 1.62. The Balaban J connectivity index is 1.66. The fourth-order valence-electron chi connectivity index (χ4n) is 3.61. The van der Waals surface area contributed by atoms with Crippen LogP contribution in [0.5, 0.6) is 5.75 Å². The van der Waals surface area contributed by atoms with Crippen LogP contribution in [0.15, 0.2) is 48.5 Å². The topological polar surface area (TPSA) is 32.8 Å². The number of carbonyl (C=O) groups is 1. The zero-order chi connectivity index (χ0) is 18.5. The Labute approximate surface area is 154 Å². The van der Waals surface area contributed by atoms with Crippen LogP contribution in [0.25, 0.3) is 0 Å². The molecule has 1 heterocycles. The first-order chi connectivity index (χ1) is 12.6. The monoisotopic (exact) mass is 356 g/mol. The molecular formula is C21H25FN2O2. The number of hydrogen-bond donors (Lipinski definition) is 0. The van der Waals surface area contributed by atoms with E-state index in [9.17, 15) is 9.18 Å². The van der Waals surface area contributed by atoms with E-state index in [1.807, 2.05) is 41.3 Å². The van der Waals surface area contributed by atoms with Crippen molar-refractivity contribution in [3.8, 4) is 5.75 Å². The first-order valence-electron chi connectivity index (χ1n) is 8.98. The van der Waals surface area contributed by atoms with Crippen LogP contribution in [0, 0.1) is 5.82 Å². The normalized spacial score (nSPS) is 15.7. The molecule has 0 saturated carbocycles. The van der Waals surface area contributed by atoms with Crippen LogP contribution in [0.4, 0.5) is 10.1 Å².